The van der Waals surface area contributed by atoms with Crippen LogP contribution in [0.4, 0.5) is 5.69 Å². The van der Waals surface area contributed by atoms with E-state index in [4.69, 9.17) is 0 Å². The molecule has 26 heavy (non-hydrogen) atoms. The van der Waals surface area contributed by atoms with E-state index in [0.717, 1.165) is 37.8 Å². The molecule has 0 amide bonds. The molecule has 0 bridgehead atoms. The van der Waals surface area contributed by atoms with Crippen molar-refractivity contribution in [3.8, 4) is 0 Å². The molecule has 1 unspecified atom stereocenters. The van der Waals surface area contributed by atoms with Gasteiger partial charge in [-0.1, -0.05) is 18.2 Å². The lowest BCUT2D eigenvalue weighted by Gasteiger charge is -2.19. The van der Waals surface area contributed by atoms with E-state index < -0.39 is 0 Å². The van der Waals surface area contributed by atoms with Gasteiger partial charge in [0.25, 0.3) is 0 Å². The Morgan fingerprint density at radius 1 is 1.23 bits per heavy atom. The number of halogens is 1. The molecule has 1 aromatic heterocycles. The van der Waals surface area contributed by atoms with Crippen molar-refractivity contribution < 1.29 is 0 Å². The summed E-state index contributed by atoms with van der Waals surface area (Å²) in [5.41, 5.74) is 2.43. The molecule has 1 aliphatic rings. The number of nitrogens with one attached hydrogen (secondary N) is 2. The molecule has 0 aliphatic carbocycles. The molecule has 1 fully saturated rings. The second-order valence-electron chi connectivity index (χ2n) is 6.46. The highest BCUT2D eigenvalue weighted by atomic mass is 127. The molecule has 1 aliphatic heterocycles. The van der Waals surface area contributed by atoms with Gasteiger partial charge in [-0.15, -0.1) is 24.0 Å². The summed E-state index contributed by atoms with van der Waals surface area (Å²) < 4.78 is 1.86. The highest BCUT2D eigenvalue weighted by Gasteiger charge is 2.22. The number of aryl methyl sites for hydroxylation is 1. The van der Waals surface area contributed by atoms with Gasteiger partial charge in [0, 0.05) is 45.1 Å². The predicted molar refractivity (Wildman–Crippen MR) is 118 cm³/mol. The minimum Gasteiger partial charge on any atom is -0.371 e. The first kappa shape index (κ1) is 20.5. The van der Waals surface area contributed by atoms with E-state index in [2.05, 4.69) is 62.9 Å². The first-order valence-corrected chi connectivity index (χ1v) is 9.05. The molecule has 2 heterocycles. The number of aromatic nitrogens is 2. The van der Waals surface area contributed by atoms with Gasteiger partial charge in [-0.3, -0.25) is 4.68 Å². The van der Waals surface area contributed by atoms with Crippen LogP contribution >= 0.6 is 24.0 Å². The lowest BCUT2D eigenvalue weighted by atomic mass is 10.1. The van der Waals surface area contributed by atoms with E-state index in [1.807, 2.05) is 24.0 Å². The fourth-order valence-electron chi connectivity index (χ4n) is 3.17. The molecular formula is C19H29IN6. The summed E-state index contributed by atoms with van der Waals surface area (Å²) in [6, 6.07) is 12.7. The van der Waals surface area contributed by atoms with Crippen LogP contribution in [-0.4, -0.2) is 41.9 Å². The van der Waals surface area contributed by atoms with Crippen LogP contribution in [0.1, 0.15) is 19.0 Å². The molecular weight excluding hydrogens is 439 g/mol. The monoisotopic (exact) mass is 468 g/mol. The first-order valence-electron chi connectivity index (χ1n) is 9.05. The molecule has 0 saturated carbocycles. The standard InChI is InChI=1S/C19H28N6.HI/c1-3-20-19(22-14-18-9-11-23-24(18)2)21-13-16-10-12-25(15-16)17-7-5-4-6-8-17;/h4-9,11,16H,3,10,12-15H2,1-2H3,(H2,20,21,22);1H. The van der Waals surface area contributed by atoms with Crippen LogP contribution in [0.25, 0.3) is 0 Å². The first-order chi connectivity index (χ1) is 12.3. The summed E-state index contributed by atoms with van der Waals surface area (Å²) in [5.74, 6) is 1.52. The number of aliphatic imine (C=N–C) groups is 1. The third-order valence-corrected chi connectivity index (χ3v) is 4.63. The van der Waals surface area contributed by atoms with E-state index in [0.29, 0.717) is 12.5 Å². The van der Waals surface area contributed by atoms with E-state index in [1.54, 1.807) is 0 Å². The van der Waals surface area contributed by atoms with E-state index >= 15 is 0 Å². The third kappa shape index (κ3) is 5.62. The Hall–Kier alpha value is -1.77. The minimum atomic E-state index is 0. The van der Waals surface area contributed by atoms with Crippen LogP contribution in [0, 0.1) is 5.92 Å². The highest BCUT2D eigenvalue weighted by molar-refractivity contribution is 14.0. The smallest absolute Gasteiger partial charge is 0.191 e. The van der Waals surface area contributed by atoms with Crippen molar-refractivity contribution in [3.05, 3.63) is 48.3 Å². The normalized spacial score (nSPS) is 17.1. The average molecular weight is 468 g/mol. The molecule has 3 rings (SSSR count). The Balaban J connectivity index is 0.00000243. The van der Waals surface area contributed by atoms with Gasteiger partial charge in [0.05, 0.1) is 12.2 Å². The van der Waals surface area contributed by atoms with Gasteiger partial charge in [0.15, 0.2) is 5.96 Å². The van der Waals surface area contributed by atoms with Crippen LogP contribution in [-0.2, 0) is 13.6 Å². The zero-order chi connectivity index (χ0) is 17.5. The number of para-hydroxylation sites is 1. The second kappa shape index (κ2) is 10.4. The van der Waals surface area contributed by atoms with Gasteiger partial charge in [-0.25, -0.2) is 4.99 Å². The molecule has 1 atom stereocenters. The Kier molecular flexibility index (Phi) is 8.21. The number of hydrogen-bond donors (Lipinski definition) is 2. The second-order valence-corrected chi connectivity index (χ2v) is 6.46. The lowest BCUT2D eigenvalue weighted by Crippen LogP contribution is -2.40. The predicted octanol–water partition coefficient (Wildman–Crippen LogP) is 2.62. The maximum absolute atomic E-state index is 4.67. The average Bonchev–Trinajstić information content (AvgIpc) is 3.27. The van der Waals surface area contributed by atoms with Crippen LogP contribution in [0.15, 0.2) is 47.6 Å². The van der Waals surface area contributed by atoms with Crippen LogP contribution in [0.3, 0.4) is 0 Å². The van der Waals surface area contributed by atoms with Crippen LogP contribution < -0.4 is 15.5 Å². The molecule has 0 spiro atoms. The maximum Gasteiger partial charge on any atom is 0.191 e. The third-order valence-electron chi connectivity index (χ3n) is 4.63. The largest absolute Gasteiger partial charge is 0.371 e. The van der Waals surface area contributed by atoms with Gasteiger partial charge in [0.1, 0.15) is 0 Å². The van der Waals surface area contributed by atoms with Crippen LogP contribution in [0.2, 0.25) is 0 Å². The maximum atomic E-state index is 4.67. The van der Waals surface area contributed by atoms with Gasteiger partial charge in [-0.2, -0.15) is 5.10 Å². The lowest BCUT2D eigenvalue weighted by molar-refractivity contribution is 0.565. The quantitative estimate of drug-likeness (QED) is 0.389. The molecule has 1 saturated heterocycles. The van der Waals surface area contributed by atoms with Crippen molar-refractivity contribution >= 4 is 35.6 Å². The molecule has 7 heteroatoms. The Labute approximate surface area is 173 Å². The van der Waals surface area contributed by atoms with Gasteiger partial charge >= 0.3 is 0 Å². The fourth-order valence-corrected chi connectivity index (χ4v) is 3.17. The summed E-state index contributed by atoms with van der Waals surface area (Å²) in [6.45, 7) is 6.75. The van der Waals surface area contributed by atoms with Crippen molar-refractivity contribution in [3.63, 3.8) is 0 Å². The number of hydrogen-bond acceptors (Lipinski definition) is 3. The highest BCUT2D eigenvalue weighted by Crippen LogP contribution is 2.22. The molecule has 1 aromatic carbocycles. The Morgan fingerprint density at radius 3 is 2.73 bits per heavy atom. The minimum absolute atomic E-state index is 0. The molecule has 2 N–H and O–H groups in total. The van der Waals surface area contributed by atoms with Crippen molar-refractivity contribution in [2.24, 2.45) is 18.0 Å². The van der Waals surface area contributed by atoms with Crippen molar-refractivity contribution in [2.75, 3.05) is 31.1 Å². The summed E-state index contributed by atoms with van der Waals surface area (Å²) in [7, 11) is 1.95. The Morgan fingerprint density at radius 2 is 2.04 bits per heavy atom. The SMILES string of the molecule is CCNC(=NCc1ccnn1C)NCC1CCN(c2ccccc2)C1.I. The van der Waals surface area contributed by atoms with E-state index in [1.165, 1.54) is 12.1 Å². The summed E-state index contributed by atoms with van der Waals surface area (Å²) >= 11 is 0. The number of rotatable bonds is 6. The number of benzene rings is 1. The summed E-state index contributed by atoms with van der Waals surface area (Å²) in [6.07, 6.45) is 3.02. The summed E-state index contributed by atoms with van der Waals surface area (Å²) in [4.78, 5) is 7.14. The number of guanidine groups is 1. The van der Waals surface area contributed by atoms with Gasteiger partial charge in [0.2, 0.25) is 0 Å². The van der Waals surface area contributed by atoms with Crippen molar-refractivity contribution in [1.82, 2.24) is 20.4 Å². The number of nitrogens with zero attached hydrogens (tertiary/aromatic N) is 4. The van der Waals surface area contributed by atoms with Gasteiger partial charge in [-0.05, 0) is 37.5 Å². The zero-order valence-electron chi connectivity index (χ0n) is 15.6. The van der Waals surface area contributed by atoms with E-state index in [9.17, 15) is 0 Å². The number of anilines is 1. The molecule has 142 valence electrons. The summed E-state index contributed by atoms with van der Waals surface area (Å²) in [5, 5.41) is 11.0. The molecule has 2 aromatic rings. The molecule has 0 radical (unpaired) electrons. The van der Waals surface area contributed by atoms with Crippen LogP contribution in [0.5, 0.6) is 0 Å². The topological polar surface area (TPSA) is 57.5 Å². The van der Waals surface area contributed by atoms with Crippen molar-refractivity contribution in [1.29, 1.82) is 0 Å². The fraction of sp³-hybridized carbons (Fsp3) is 0.474. The van der Waals surface area contributed by atoms with Crippen molar-refractivity contribution in [2.45, 2.75) is 19.9 Å². The molecule has 6 nitrogen and oxygen atoms in total. The van der Waals surface area contributed by atoms with Gasteiger partial charge < -0.3 is 15.5 Å². The Bertz CT molecular complexity index is 684. The van der Waals surface area contributed by atoms with E-state index in [-0.39, 0.29) is 24.0 Å². The zero-order valence-corrected chi connectivity index (χ0v) is 17.9.